The van der Waals surface area contributed by atoms with Crippen molar-refractivity contribution < 1.29 is 14.3 Å². The third kappa shape index (κ3) is 3.13. The molecule has 0 aliphatic carbocycles. The number of rotatable bonds is 4. The highest BCUT2D eigenvalue weighted by atomic mass is 16.7. The fourth-order valence-corrected chi connectivity index (χ4v) is 1.49. The van der Waals surface area contributed by atoms with Crippen LogP contribution in [-0.4, -0.2) is 19.2 Å². The topological polar surface area (TPSA) is 47.6 Å². The maximum absolute atomic E-state index is 11.5. The predicted octanol–water partition coefficient (Wildman–Crippen LogP) is 2.12. The average molecular weight is 245 g/mol. The molecule has 4 nitrogen and oxygen atoms in total. The summed E-state index contributed by atoms with van der Waals surface area (Å²) in [5.74, 6) is 1.30. The van der Waals surface area contributed by atoms with Gasteiger partial charge in [0.25, 0.3) is 0 Å². The fraction of sp³-hybridized carbons (Fsp3) is 0.214. The van der Waals surface area contributed by atoms with Gasteiger partial charge >= 0.3 is 0 Å². The van der Waals surface area contributed by atoms with Crippen LogP contribution in [0.25, 0.3) is 6.08 Å². The van der Waals surface area contributed by atoms with Crippen molar-refractivity contribution in [2.45, 2.75) is 6.92 Å². The van der Waals surface area contributed by atoms with Crippen molar-refractivity contribution in [2.24, 2.45) is 0 Å². The van der Waals surface area contributed by atoms with Crippen molar-refractivity contribution in [2.75, 3.05) is 13.3 Å². The lowest BCUT2D eigenvalue weighted by molar-refractivity contribution is -0.116. The molecule has 4 heteroatoms. The Morgan fingerprint density at radius 2 is 2.22 bits per heavy atom. The zero-order chi connectivity index (χ0) is 13.0. The monoisotopic (exact) mass is 245 g/mol. The van der Waals surface area contributed by atoms with Crippen molar-refractivity contribution in [3.8, 4) is 11.5 Å². The molecule has 0 aromatic heterocycles. The molecule has 18 heavy (non-hydrogen) atoms. The SMILES string of the molecule is C=C(C)CNC(=O)/C=C/c1ccc2c(c1)OCO2. The van der Waals surface area contributed by atoms with Crippen LogP contribution in [0.1, 0.15) is 12.5 Å². The van der Waals surface area contributed by atoms with Crippen molar-refractivity contribution in [1.29, 1.82) is 0 Å². The first kappa shape index (κ1) is 12.2. The van der Waals surface area contributed by atoms with Crippen LogP contribution < -0.4 is 14.8 Å². The van der Waals surface area contributed by atoms with E-state index in [1.54, 1.807) is 6.08 Å². The van der Waals surface area contributed by atoms with Gasteiger partial charge in [0.2, 0.25) is 12.7 Å². The highest BCUT2D eigenvalue weighted by Gasteiger charge is 2.12. The van der Waals surface area contributed by atoms with Crippen molar-refractivity contribution in [1.82, 2.24) is 5.32 Å². The molecular formula is C14H15NO3. The van der Waals surface area contributed by atoms with E-state index in [0.29, 0.717) is 12.3 Å². The highest BCUT2D eigenvalue weighted by molar-refractivity contribution is 5.91. The molecule has 0 bridgehead atoms. The standard InChI is InChI=1S/C14H15NO3/c1-10(2)8-15-14(16)6-4-11-3-5-12-13(7-11)18-9-17-12/h3-7H,1,8-9H2,2H3,(H,15,16)/b6-4+. The van der Waals surface area contributed by atoms with E-state index >= 15 is 0 Å². The summed E-state index contributed by atoms with van der Waals surface area (Å²) in [5.41, 5.74) is 1.81. The van der Waals surface area contributed by atoms with E-state index in [-0.39, 0.29) is 12.7 Å². The molecular weight excluding hydrogens is 230 g/mol. The molecule has 1 amide bonds. The fourth-order valence-electron chi connectivity index (χ4n) is 1.49. The first-order valence-corrected chi connectivity index (χ1v) is 5.65. The van der Waals surface area contributed by atoms with E-state index < -0.39 is 0 Å². The van der Waals surface area contributed by atoms with E-state index in [2.05, 4.69) is 11.9 Å². The summed E-state index contributed by atoms with van der Waals surface area (Å²) in [7, 11) is 0. The molecule has 1 heterocycles. The maximum atomic E-state index is 11.5. The van der Waals surface area contributed by atoms with Gasteiger partial charge < -0.3 is 14.8 Å². The Kier molecular flexibility index (Phi) is 3.67. The lowest BCUT2D eigenvalue weighted by Gasteiger charge is -2.00. The minimum Gasteiger partial charge on any atom is -0.454 e. The molecule has 94 valence electrons. The predicted molar refractivity (Wildman–Crippen MR) is 69.4 cm³/mol. The number of nitrogens with one attached hydrogen (secondary N) is 1. The Morgan fingerprint density at radius 3 is 3.00 bits per heavy atom. The third-order valence-corrected chi connectivity index (χ3v) is 2.39. The molecule has 1 aromatic carbocycles. The lowest BCUT2D eigenvalue weighted by Crippen LogP contribution is -2.22. The summed E-state index contributed by atoms with van der Waals surface area (Å²) in [6, 6.07) is 5.54. The summed E-state index contributed by atoms with van der Waals surface area (Å²) in [6.45, 7) is 6.32. The van der Waals surface area contributed by atoms with Gasteiger partial charge in [-0.2, -0.15) is 0 Å². The number of fused-ring (bicyclic) bond motifs is 1. The Morgan fingerprint density at radius 1 is 1.44 bits per heavy atom. The second kappa shape index (κ2) is 5.40. The number of hydrogen-bond donors (Lipinski definition) is 1. The molecule has 2 rings (SSSR count). The van der Waals surface area contributed by atoms with Gasteiger partial charge in [0.05, 0.1) is 0 Å². The lowest BCUT2D eigenvalue weighted by atomic mass is 10.2. The molecule has 0 fully saturated rings. The molecule has 1 aliphatic rings. The second-order valence-electron chi connectivity index (χ2n) is 4.12. The minimum atomic E-state index is -0.143. The summed E-state index contributed by atoms with van der Waals surface area (Å²) in [4.78, 5) is 11.5. The largest absolute Gasteiger partial charge is 0.454 e. The molecule has 0 atom stereocenters. The summed E-state index contributed by atoms with van der Waals surface area (Å²) in [5, 5.41) is 2.72. The zero-order valence-corrected chi connectivity index (χ0v) is 10.2. The smallest absolute Gasteiger partial charge is 0.244 e. The van der Waals surface area contributed by atoms with E-state index in [9.17, 15) is 4.79 Å². The summed E-state index contributed by atoms with van der Waals surface area (Å²) < 4.78 is 10.5. The Labute approximate surface area is 106 Å². The van der Waals surface area contributed by atoms with Crippen LogP contribution in [0.2, 0.25) is 0 Å². The number of benzene rings is 1. The zero-order valence-electron chi connectivity index (χ0n) is 10.2. The molecule has 0 spiro atoms. The molecule has 1 aliphatic heterocycles. The molecule has 0 radical (unpaired) electrons. The van der Waals surface area contributed by atoms with Crippen LogP contribution in [0.4, 0.5) is 0 Å². The Hall–Kier alpha value is -2.23. The number of hydrogen-bond acceptors (Lipinski definition) is 3. The molecule has 0 saturated carbocycles. The van der Waals surface area contributed by atoms with Gasteiger partial charge in [-0.25, -0.2) is 0 Å². The van der Waals surface area contributed by atoms with Gasteiger partial charge in [-0.05, 0) is 30.7 Å². The molecule has 0 saturated heterocycles. The normalized spacial score (nSPS) is 12.7. The summed E-state index contributed by atoms with van der Waals surface area (Å²) >= 11 is 0. The Bertz CT molecular complexity index is 506. The molecule has 0 unspecified atom stereocenters. The molecule has 1 aromatic rings. The van der Waals surface area contributed by atoms with Gasteiger partial charge in [0.15, 0.2) is 11.5 Å². The van der Waals surface area contributed by atoms with Crippen LogP contribution in [0.3, 0.4) is 0 Å². The first-order valence-electron chi connectivity index (χ1n) is 5.65. The van der Waals surface area contributed by atoms with Crippen molar-refractivity contribution in [3.05, 3.63) is 42.0 Å². The van der Waals surface area contributed by atoms with Gasteiger partial charge in [0, 0.05) is 12.6 Å². The van der Waals surface area contributed by atoms with Crippen LogP contribution >= 0.6 is 0 Å². The number of amides is 1. The van der Waals surface area contributed by atoms with Gasteiger partial charge in [-0.15, -0.1) is 0 Å². The third-order valence-electron chi connectivity index (χ3n) is 2.39. The number of carbonyl (C=O) groups excluding carboxylic acids is 1. The maximum Gasteiger partial charge on any atom is 0.244 e. The van der Waals surface area contributed by atoms with E-state index in [0.717, 1.165) is 16.9 Å². The van der Waals surface area contributed by atoms with Gasteiger partial charge in [-0.1, -0.05) is 18.2 Å². The molecule has 1 N–H and O–H groups in total. The first-order chi connectivity index (χ1) is 8.65. The van der Waals surface area contributed by atoms with Gasteiger partial charge in [0.1, 0.15) is 0 Å². The van der Waals surface area contributed by atoms with E-state index in [1.807, 2.05) is 25.1 Å². The van der Waals surface area contributed by atoms with Crippen LogP contribution in [-0.2, 0) is 4.79 Å². The highest BCUT2D eigenvalue weighted by Crippen LogP contribution is 2.32. The van der Waals surface area contributed by atoms with Crippen LogP contribution in [0.15, 0.2) is 36.4 Å². The van der Waals surface area contributed by atoms with Crippen molar-refractivity contribution >= 4 is 12.0 Å². The van der Waals surface area contributed by atoms with Crippen LogP contribution in [0, 0.1) is 0 Å². The minimum absolute atomic E-state index is 0.143. The number of carbonyl (C=O) groups is 1. The Balaban J connectivity index is 1.96. The number of ether oxygens (including phenoxy) is 2. The van der Waals surface area contributed by atoms with E-state index in [1.165, 1.54) is 6.08 Å². The second-order valence-corrected chi connectivity index (χ2v) is 4.12. The quantitative estimate of drug-likeness (QED) is 0.653. The van der Waals surface area contributed by atoms with E-state index in [4.69, 9.17) is 9.47 Å². The average Bonchev–Trinajstić information content (AvgIpc) is 2.81. The van der Waals surface area contributed by atoms with Gasteiger partial charge in [-0.3, -0.25) is 4.79 Å². The summed E-state index contributed by atoms with van der Waals surface area (Å²) in [6.07, 6.45) is 3.22. The van der Waals surface area contributed by atoms with Crippen LogP contribution in [0.5, 0.6) is 11.5 Å². The van der Waals surface area contributed by atoms with Crippen molar-refractivity contribution in [3.63, 3.8) is 0 Å².